The predicted molar refractivity (Wildman–Crippen MR) is 191 cm³/mol. The van der Waals surface area contributed by atoms with E-state index in [1.807, 2.05) is 32.9 Å². The number of carbonyl (C=O) groups is 3. The Morgan fingerprint density at radius 1 is 0.531 bits per heavy atom. The fraction of sp³-hybridized carbons (Fsp3) is 0.175. The quantitative estimate of drug-likeness (QED) is 0.100. The van der Waals surface area contributed by atoms with E-state index in [9.17, 15) is 14.4 Å². The van der Waals surface area contributed by atoms with E-state index in [1.54, 1.807) is 66.7 Å². The van der Waals surface area contributed by atoms with E-state index >= 15 is 4.57 Å². The molecule has 49 heavy (non-hydrogen) atoms. The van der Waals surface area contributed by atoms with E-state index in [0.29, 0.717) is 5.56 Å². The molecule has 0 radical (unpaired) electrons. The fourth-order valence-electron chi connectivity index (χ4n) is 6.25. The Labute approximate surface area is 286 Å². The lowest BCUT2D eigenvalue weighted by Crippen LogP contribution is -2.28. The zero-order valence-corrected chi connectivity index (χ0v) is 29.3. The Bertz CT molecular complexity index is 2070. The number of benzene rings is 5. The summed E-state index contributed by atoms with van der Waals surface area (Å²) in [4.78, 5) is 43.9. The van der Waals surface area contributed by atoms with Crippen molar-refractivity contribution in [3.63, 3.8) is 0 Å². The summed E-state index contributed by atoms with van der Waals surface area (Å²) < 4.78 is 38.1. The van der Waals surface area contributed by atoms with Crippen LogP contribution in [-0.2, 0) is 4.57 Å². The van der Waals surface area contributed by atoms with Gasteiger partial charge in [0, 0.05) is 27.3 Å². The van der Waals surface area contributed by atoms with Gasteiger partial charge in [-0.05, 0) is 68.3 Å². The van der Waals surface area contributed by atoms with Gasteiger partial charge in [0.05, 0.1) is 28.4 Å². The lowest BCUT2D eigenvalue weighted by Gasteiger charge is -2.23. The van der Waals surface area contributed by atoms with Crippen LogP contribution in [0.5, 0.6) is 23.0 Å². The van der Waals surface area contributed by atoms with Gasteiger partial charge in [0.25, 0.3) is 0 Å². The van der Waals surface area contributed by atoms with Gasteiger partial charge in [0.15, 0.2) is 5.78 Å². The molecule has 5 aromatic carbocycles. The molecule has 0 N–H and O–H groups in total. The van der Waals surface area contributed by atoms with Gasteiger partial charge in [-0.2, -0.15) is 0 Å². The summed E-state index contributed by atoms with van der Waals surface area (Å²) in [5, 5.41) is 0.113. The number of hydrogen-bond donors (Lipinski definition) is 0. The summed E-state index contributed by atoms with van der Waals surface area (Å²) in [6.45, 7) is 5.67. The molecule has 0 saturated heterocycles. The molecule has 9 heteroatoms. The average molecular weight is 677 g/mol. The van der Waals surface area contributed by atoms with Crippen molar-refractivity contribution in [1.29, 1.82) is 0 Å². The summed E-state index contributed by atoms with van der Waals surface area (Å²) in [5.74, 6) is -0.273. The van der Waals surface area contributed by atoms with Crippen molar-refractivity contribution < 1.29 is 37.9 Å². The van der Waals surface area contributed by atoms with Crippen molar-refractivity contribution in [1.82, 2.24) is 0 Å². The van der Waals surface area contributed by atoms with Gasteiger partial charge in [-0.3, -0.25) is 14.4 Å². The minimum atomic E-state index is -4.44. The van der Waals surface area contributed by atoms with Crippen LogP contribution in [0.25, 0.3) is 0 Å². The minimum Gasteiger partial charge on any atom is -0.496 e. The molecule has 0 spiro atoms. The van der Waals surface area contributed by atoms with Crippen molar-refractivity contribution in [3.8, 4) is 23.0 Å². The van der Waals surface area contributed by atoms with Crippen molar-refractivity contribution in [3.05, 3.63) is 142 Å². The molecule has 1 unspecified atom stereocenters. The predicted octanol–water partition coefficient (Wildman–Crippen LogP) is 7.26. The molecule has 0 saturated carbocycles. The number of rotatable bonds is 12. The van der Waals surface area contributed by atoms with Crippen LogP contribution in [0.2, 0.25) is 0 Å². The van der Waals surface area contributed by atoms with Crippen LogP contribution in [-0.4, -0.2) is 45.5 Å². The van der Waals surface area contributed by atoms with E-state index < -0.39 is 18.4 Å². The zero-order valence-electron chi connectivity index (χ0n) is 28.5. The summed E-state index contributed by atoms with van der Waals surface area (Å²) in [6, 6.07) is 26.1. The normalized spacial score (nSPS) is 12.1. The van der Waals surface area contributed by atoms with Crippen LogP contribution in [0.15, 0.2) is 97.1 Å². The molecule has 1 atom stereocenters. The number of aryl methyl sites for hydroxylation is 3. The van der Waals surface area contributed by atoms with Gasteiger partial charge in [-0.15, -0.1) is 0 Å². The average Bonchev–Trinajstić information content (AvgIpc) is 3.12. The van der Waals surface area contributed by atoms with Crippen LogP contribution < -0.4 is 29.6 Å². The molecule has 0 aliphatic carbocycles. The molecule has 0 heterocycles. The molecule has 8 nitrogen and oxygen atoms in total. The minimum absolute atomic E-state index is 0.0426. The van der Waals surface area contributed by atoms with E-state index in [2.05, 4.69) is 0 Å². The van der Waals surface area contributed by atoms with Gasteiger partial charge in [-0.1, -0.05) is 66.2 Å². The summed E-state index contributed by atoms with van der Waals surface area (Å²) in [7, 11) is 1.20. The van der Waals surface area contributed by atoms with E-state index in [0.717, 1.165) is 16.7 Å². The molecule has 0 fully saturated rings. The first-order valence-electron chi connectivity index (χ1n) is 15.5. The molecule has 0 aliphatic heterocycles. The largest absolute Gasteiger partial charge is 0.496 e. The number of ketones is 2. The third kappa shape index (κ3) is 6.28. The maximum absolute atomic E-state index is 15.9. The lowest BCUT2D eigenvalue weighted by molar-refractivity contribution is 0.103. The molecule has 250 valence electrons. The molecule has 5 rings (SSSR count). The van der Waals surface area contributed by atoms with E-state index in [4.69, 9.17) is 18.9 Å². The van der Waals surface area contributed by atoms with Gasteiger partial charge < -0.3 is 23.5 Å². The molecule has 0 amide bonds. The number of methoxy groups -OCH3 is 4. The molecular formula is C40H37O8P. The van der Waals surface area contributed by atoms with E-state index in [1.165, 1.54) is 46.6 Å². The highest BCUT2D eigenvalue weighted by Crippen LogP contribution is 2.51. The van der Waals surface area contributed by atoms with Gasteiger partial charge in [0.2, 0.25) is 18.4 Å². The third-order valence-corrected chi connectivity index (χ3v) is 11.3. The third-order valence-electron chi connectivity index (χ3n) is 8.45. The Kier molecular flexibility index (Phi) is 10.2. The number of hydrogen-bond acceptors (Lipinski definition) is 8. The highest BCUT2D eigenvalue weighted by molar-refractivity contribution is 7.93. The van der Waals surface area contributed by atoms with Gasteiger partial charge >= 0.3 is 0 Å². The van der Waals surface area contributed by atoms with E-state index in [-0.39, 0.29) is 61.6 Å². The monoisotopic (exact) mass is 676 g/mol. The van der Waals surface area contributed by atoms with Crippen LogP contribution in [0.4, 0.5) is 0 Å². The SMILES string of the molecule is COc1cccc(OC)c1C(=O)c1cc(C(=O)c2c(C)cc(C)cc2C)ccc1P(=O)(C(=O)c1c(OC)cccc1OC)c1ccccc1. The van der Waals surface area contributed by atoms with Gasteiger partial charge in [-0.25, -0.2) is 0 Å². The first kappa shape index (κ1) is 34.9. The van der Waals surface area contributed by atoms with Crippen LogP contribution in [0.1, 0.15) is 58.9 Å². The van der Waals surface area contributed by atoms with Crippen LogP contribution in [0.3, 0.4) is 0 Å². The number of carbonyl (C=O) groups excluding carboxylic acids is 3. The molecule has 5 aromatic rings. The Balaban J connectivity index is 1.88. The summed E-state index contributed by atoms with van der Waals surface area (Å²) in [5.41, 5.74) is 2.31. The molecule has 0 aromatic heterocycles. The summed E-state index contributed by atoms with van der Waals surface area (Å²) in [6.07, 6.45) is 0. The number of ether oxygens (including phenoxy) is 4. The zero-order chi connectivity index (χ0) is 35.5. The van der Waals surface area contributed by atoms with Gasteiger partial charge in [0.1, 0.15) is 34.1 Å². The van der Waals surface area contributed by atoms with Crippen LogP contribution in [0, 0.1) is 20.8 Å². The second-order valence-corrected chi connectivity index (χ2v) is 14.1. The fourth-order valence-corrected chi connectivity index (χ4v) is 8.90. The maximum atomic E-state index is 15.9. The van der Waals surface area contributed by atoms with Crippen LogP contribution >= 0.6 is 7.14 Å². The molecule has 0 bridgehead atoms. The standard InChI is InChI=1S/C40H37O8P/c1-24-21-25(2)35(26(3)22-24)38(41)27-19-20-34(29(23-27)39(42)36-30(45-4)15-11-16-31(36)46-5)49(44,28-13-9-8-10-14-28)40(43)37-32(47-6)17-12-18-33(37)48-7/h8-23H,1-7H3. The molecule has 0 aliphatic rings. The molecular weight excluding hydrogens is 639 g/mol. The van der Waals surface area contributed by atoms with Crippen molar-refractivity contribution in [2.24, 2.45) is 0 Å². The highest BCUT2D eigenvalue weighted by Gasteiger charge is 2.43. The second kappa shape index (κ2) is 14.3. The smallest absolute Gasteiger partial charge is 0.237 e. The Hall–Kier alpha value is -5.46. The summed E-state index contributed by atoms with van der Waals surface area (Å²) >= 11 is 0. The first-order chi connectivity index (χ1) is 23.5. The van der Waals surface area contributed by atoms with Crippen molar-refractivity contribution in [2.75, 3.05) is 28.4 Å². The lowest BCUT2D eigenvalue weighted by atomic mass is 9.91. The second-order valence-electron chi connectivity index (χ2n) is 11.5. The van der Waals surface area contributed by atoms with Crippen molar-refractivity contribution >= 4 is 34.8 Å². The Morgan fingerprint density at radius 2 is 1.02 bits per heavy atom. The maximum Gasteiger partial charge on any atom is 0.237 e. The highest BCUT2D eigenvalue weighted by atomic mass is 31.2. The topological polar surface area (TPSA) is 105 Å². The first-order valence-corrected chi connectivity index (χ1v) is 17.2. The Morgan fingerprint density at radius 3 is 1.51 bits per heavy atom. The van der Waals surface area contributed by atoms with Crippen molar-refractivity contribution in [2.45, 2.75) is 20.8 Å².